The molecule has 2 aliphatic rings. The van der Waals surface area contributed by atoms with Gasteiger partial charge in [0, 0.05) is 48.4 Å². The van der Waals surface area contributed by atoms with E-state index in [1.807, 2.05) is 11.6 Å². The normalized spacial score (nSPS) is 20.7. The molecular weight excluding hydrogens is 350 g/mol. The lowest BCUT2D eigenvalue weighted by Gasteiger charge is -2.24. The molecule has 26 heavy (non-hydrogen) atoms. The monoisotopic (exact) mass is 371 g/mol. The van der Waals surface area contributed by atoms with Crippen LogP contribution in [0.4, 0.5) is 0 Å². The van der Waals surface area contributed by atoms with E-state index in [1.165, 1.54) is 0 Å². The van der Waals surface area contributed by atoms with Crippen LogP contribution >= 0.6 is 11.3 Å². The van der Waals surface area contributed by atoms with Crippen molar-refractivity contribution in [3.05, 3.63) is 51.1 Å². The first-order chi connectivity index (χ1) is 12.8. The van der Waals surface area contributed by atoms with Crippen LogP contribution in [0.3, 0.4) is 0 Å². The minimum atomic E-state index is -0.0244. The zero-order valence-corrected chi connectivity index (χ0v) is 15.3. The van der Waals surface area contributed by atoms with Crippen LogP contribution in [0.5, 0.6) is 0 Å². The van der Waals surface area contributed by atoms with E-state index in [0.717, 1.165) is 54.3 Å². The molecule has 0 aliphatic carbocycles. The summed E-state index contributed by atoms with van der Waals surface area (Å²) in [6, 6.07) is 2.03. The van der Waals surface area contributed by atoms with Gasteiger partial charge >= 0.3 is 0 Å². The number of rotatable bonds is 4. The third kappa shape index (κ3) is 2.98. The number of ether oxygens (including phenoxy) is 1. The van der Waals surface area contributed by atoms with Gasteiger partial charge in [-0.25, -0.2) is 9.67 Å². The molecule has 0 aromatic carbocycles. The number of nitrogens with zero attached hydrogens (tertiary/aromatic N) is 5. The minimum Gasteiger partial charge on any atom is -0.376 e. The molecule has 5 heterocycles. The van der Waals surface area contributed by atoms with Gasteiger partial charge in [0.1, 0.15) is 0 Å². The lowest BCUT2D eigenvalue weighted by Crippen LogP contribution is -2.37. The topological polar surface area (TPSA) is 64.7 Å². The van der Waals surface area contributed by atoms with Crippen molar-refractivity contribution >= 4 is 16.3 Å². The first-order valence-corrected chi connectivity index (χ1v) is 9.97. The zero-order chi connectivity index (χ0) is 17.5. The summed E-state index contributed by atoms with van der Waals surface area (Å²) < 4.78 is 9.15. The van der Waals surface area contributed by atoms with E-state index >= 15 is 0 Å². The molecule has 8 heteroatoms. The molecule has 2 aliphatic heterocycles. The molecule has 1 atom stereocenters. The summed E-state index contributed by atoms with van der Waals surface area (Å²) in [7, 11) is 0. The van der Waals surface area contributed by atoms with E-state index in [4.69, 9.17) is 9.72 Å². The Morgan fingerprint density at radius 1 is 1.38 bits per heavy atom. The third-order valence-electron chi connectivity index (χ3n) is 5.30. The lowest BCUT2D eigenvalue weighted by molar-refractivity contribution is 0.107. The summed E-state index contributed by atoms with van der Waals surface area (Å²) in [5.41, 5.74) is 3.02. The number of hydrogen-bond donors (Lipinski definition) is 0. The molecule has 0 spiro atoms. The molecule has 5 rings (SSSR count). The summed E-state index contributed by atoms with van der Waals surface area (Å²) in [5.74, 6) is 0. The second kappa shape index (κ2) is 6.61. The molecule has 0 bridgehead atoms. The fraction of sp³-hybridized carbons (Fsp3) is 0.500. The third-order valence-corrected chi connectivity index (χ3v) is 6.07. The lowest BCUT2D eigenvalue weighted by atomic mass is 10.1. The Balaban J connectivity index is 1.34. The van der Waals surface area contributed by atoms with E-state index < -0.39 is 0 Å². The highest BCUT2D eigenvalue weighted by atomic mass is 32.1. The molecular formula is C18H21N5O2S. The van der Waals surface area contributed by atoms with Crippen LogP contribution < -0.4 is 5.56 Å². The molecule has 0 radical (unpaired) electrons. The Bertz CT molecular complexity index is 963. The molecule has 3 aromatic rings. The van der Waals surface area contributed by atoms with E-state index in [9.17, 15) is 4.79 Å². The summed E-state index contributed by atoms with van der Waals surface area (Å²) in [6.45, 7) is 3.71. The van der Waals surface area contributed by atoms with E-state index in [2.05, 4.69) is 20.6 Å². The number of hydrogen-bond acceptors (Lipinski definition) is 6. The molecule has 1 unspecified atom stereocenters. The Hall–Kier alpha value is -2.03. The van der Waals surface area contributed by atoms with Crippen molar-refractivity contribution in [2.24, 2.45) is 0 Å². The zero-order valence-electron chi connectivity index (χ0n) is 14.5. The Kier molecular flexibility index (Phi) is 4.11. The molecule has 136 valence electrons. The van der Waals surface area contributed by atoms with Crippen molar-refractivity contribution in [2.75, 3.05) is 13.2 Å². The van der Waals surface area contributed by atoms with Crippen molar-refractivity contribution < 1.29 is 4.74 Å². The summed E-state index contributed by atoms with van der Waals surface area (Å²) >= 11 is 1.65. The van der Waals surface area contributed by atoms with Crippen LogP contribution in [0.15, 0.2) is 28.6 Å². The standard InChI is InChI=1S/C18H21N5O2S/c24-17-8-13-12-25-6-3-16(13)20-23(17)11-15-2-1-4-21(15)9-14-10-22-5-7-26-18(22)19-14/h5,7-8,10,15H,1-4,6,9,11-12H2. The average molecular weight is 371 g/mol. The molecule has 1 saturated heterocycles. The number of imidazole rings is 1. The Labute approximate surface area is 154 Å². The van der Waals surface area contributed by atoms with E-state index in [-0.39, 0.29) is 5.56 Å². The Morgan fingerprint density at radius 2 is 2.35 bits per heavy atom. The second-order valence-electron chi connectivity index (χ2n) is 7.03. The van der Waals surface area contributed by atoms with Crippen LogP contribution in [-0.2, 0) is 30.9 Å². The molecule has 0 amide bonds. The molecule has 3 aromatic heterocycles. The van der Waals surface area contributed by atoms with Gasteiger partial charge in [0.15, 0.2) is 4.96 Å². The van der Waals surface area contributed by atoms with E-state index in [1.54, 1.807) is 22.1 Å². The maximum absolute atomic E-state index is 12.4. The van der Waals surface area contributed by atoms with Crippen LogP contribution in [0.25, 0.3) is 4.96 Å². The van der Waals surface area contributed by atoms with Gasteiger partial charge in [-0.1, -0.05) is 0 Å². The molecule has 7 nitrogen and oxygen atoms in total. The van der Waals surface area contributed by atoms with Gasteiger partial charge in [0.25, 0.3) is 5.56 Å². The minimum absolute atomic E-state index is 0.0244. The Morgan fingerprint density at radius 3 is 3.27 bits per heavy atom. The molecule has 0 N–H and O–H groups in total. The van der Waals surface area contributed by atoms with Gasteiger partial charge in [-0.05, 0) is 19.4 Å². The fourth-order valence-corrected chi connectivity index (χ4v) is 4.67. The van der Waals surface area contributed by atoms with E-state index in [0.29, 0.717) is 25.8 Å². The summed E-state index contributed by atoms with van der Waals surface area (Å²) in [4.78, 5) is 20.6. The predicted molar refractivity (Wildman–Crippen MR) is 98.4 cm³/mol. The van der Waals surface area contributed by atoms with Crippen molar-refractivity contribution in [1.29, 1.82) is 0 Å². The maximum Gasteiger partial charge on any atom is 0.267 e. The van der Waals surface area contributed by atoms with Crippen LogP contribution in [0.2, 0.25) is 0 Å². The first kappa shape index (κ1) is 16.2. The molecule has 1 fully saturated rings. The van der Waals surface area contributed by atoms with Crippen LogP contribution in [-0.4, -0.2) is 43.3 Å². The van der Waals surface area contributed by atoms with Crippen molar-refractivity contribution in [3.63, 3.8) is 0 Å². The molecule has 0 saturated carbocycles. The van der Waals surface area contributed by atoms with Crippen molar-refractivity contribution in [1.82, 2.24) is 24.1 Å². The largest absolute Gasteiger partial charge is 0.376 e. The smallest absolute Gasteiger partial charge is 0.267 e. The van der Waals surface area contributed by atoms with Gasteiger partial charge in [0.2, 0.25) is 0 Å². The summed E-state index contributed by atoms with van der Waals surface area (Å²) in [5, 5.41) is 6.67. The number of likely N-dealkylation sites (tertiary alicyclic amines) is 1. The number of aromatic nitrogens is 4. The second-order valence-corrected chi connectivity index (χ2v) is 7.90. The SMILES string of the molecule is O=c1cc2c(nn1CC1CCCN1Cc1cn3ccsc3n1)CCOC2. The van der Waals surface area contributed by atoms with Gasteiger partial charge in [0.05, 0.1) is 31.1 Å². The summed E-state index contributed by atoms with van der Waals surface area (Å²) in [6.07, 6.45) is 7.18. The highest BCUT2D eigenvalue weighted by Gasteiger charge is 2.27. The maximum atomic E-state index is 12.4. The number of thiazole rings is 1. The van der Waals surface area contributed by atoms with Crippen LogP contribution in [0.1, 0.15) is 29.8 Å². The van der Waals surface area contributed by atoms with Crippen molar-refractivity contribution in [2.45, 2.75) is 45.0 Å². The van der Waals surface area contributed by atoms with Gasteiger partial charge in [-0.2, -0.15) is 5.10 Å². The predicted octanol–water partition coefficient (Wildman–Crippen LogP) is 1.69. The van der Waals surface area contributed by atoms with Gasteiger partial charge < -0.3 is 4.74 Å². The quantitative estimate of drug-likeness (QED) is 0.698. The van der Waals surface area contributed by atoms with Crippen molar-refractivity contribution in [3.8, 4) is 0 Å². The fourth-order valence-electron chi connectivity index (χ4n) is 3.95. The highest BCUT2D eigenvalue weighted by Crippen LogP contribution is 2.22. The van der Waals surface area contributed by atoms with Crippen LogP contribution in [0, 0.1) is 0 Å². The van der Waals surface area contributed by atoms with Gasteiger partial charge in [-0.3, -0.25) is 14.1 Å². The highest BCUT2D eigenvalue weighted by molar-refractivity contribution is 7.15. The first-order valence-electron chi connectivity index (χ1n) is 9.09. The average Bonchev–Trinajstić information content (AvgIpc) is 3.33. The van der Waals surface area contributed by atoms with Gasteiger partial charge in [-0.15, -0.1) is 11.3 Å². The number of fused-ring (bicyclic) bond motifs is 2.